The summed E-state index contributed by atoms with van der Waals surface area (Å²) in [5.41, 5.74) is 1.92. The van der Waals surface area contributed by atoms with E-state index in [0.29, 0.717) is 18.9 Å². The number of amides is 2. The van der Waals surface area contributed by atoms with Crippen molar-refractivity contribution in [3.05, 3.63) is 126 Å². The van der Waals surface area contributed by atoms with Gasteiger partial charge in [0.1, 0.15) is 18.3 Å². The van der Waals surface area contributed by atoms with E-state index in [1.165, 1.54) is 17.0 Å². The fraction of sp³-hybridized carbons (Fsp3) is 0.235. The number of rotatable bonds is 14. The Morgan fingerprint density at radius 2 is 1.33 bits per heavy atom. The summed E-state index contributed by atoms with van der Waals surface area (Å²) < 4.78 is 35.1. The highest BCUT2D eigenvalue weighted by atomic mass is 32.2. The van der Waals surface area contributed by atoms with Gasteiger partial charge in [-0.1, -0.05) is 91.0 Å². The number of nitrogens with one attached hydrogen (secondary N) is 1. The Morgan fingerprint density at radius 1 is 0.767 bits per heavy atom. The lowest BCUT2D eigenvalue weighted by atomic mass is 10.0. The van der Waals surface area contributed by atoms with Crippen LogP contribution in [0.5, 0.6) is 5.75 Å². The van der Waals surface area contributed by atoms with Crippen molar-refractivity contribution in [3.8, 4) is 5.75 Å². The van der Waals surface area contributed by atoms with E-state index in [9.17, 15) is 18.0 Å². The van der Waals surface area contributed by atoms with E-state index in [0.717, 1.165) is 15.4 Å². The second kappa shape index (κ2) is 15.0. The summed E-state index contributed by atoms with van der Waals surface area (Å²) in [6.07, 6.45) is 0.256. The number of benzene rings is 4. The molecule has 0 spiro atoms. The van der Waals surface area contributed by atoms with Crippen LogP contribution in [-0.2, 0) is 32.6 Å². The number of hydrogen-bond donors (Lipinski definition) is 1. The molecule has 0 radical (unpaired) electrons. The molecule has 1 N–H and O–H groups in total. The highest BCUT2D eigenvalue weighted by Crippen LogP contribution is 2.33. The van der Waals surface area contributed by atoms with Gasteiger partial charge in [0.25, 0.3) is 10.0 Å². The van der Waals surface area contributed by atoms with Gasteiger partial charge in [-0.3, -0.25) is 13.9 Å². The van der Waals surface area contributed by atoms with Crippen LogP contribution in [0.2, 0.25) is 0 Å². The van der Waals surface area contributed by atoms with Gasteiger partial charge < -0.3 is 15.0 Å². The largest absolute Gasteiger partial charge is 0.492 e. The molecule has 0 fully saturated rings. The molecule has 9 heteroatoms. The first kappa shape index (κ1) is 31.3. The van der Waals surface area contributed by atoms with Crippen LogP contribution in [0.4, 0.5) is 5.69 Å². The molecule has 4 aromatic carbocycles. The molecule has 0 unspecified atom stereocenters. The van der Waals surface area contributed by atoms with Crippen LogP contribution in [0.25, 0.3) is 0 Å². The van der Waals surface area contributed by atoms with E-state index < -0.39 is 28.5 Å². The molecule has 4 aromatic rings. The molecular weight excluding hydrogens is 562 g/mol. The summed E-state index contributed by atoms with van der Waals surface area (Å²) >= 11 is 0. The van der Waals surface area contributed by atoms with Gasteiger partial charge in [0.05, 0.1) is 17.2 Å². The first-order chi connectivity index (χ1) is 20.8. The first-order valence-electron chi connectivity index (χ1n) is 14.3. The highest BCUT2D eigenvalue weighted by Gasteiger charge is 2.35. The van der Waals surface area contributed by atoms with Gasteiger partial charge in [-0.15, -0.1) is 0 Å². The van der Waals surface area contributed by atoms with Gasteiger partial charge in [-0.05, 0) is 49.2 Å². The minimum atomic E-state index is -4.21. The number of carbonyl (C=O) groups is 2. The van der Waals surface area contributed by atoms with Crippen LogP contribution in [0.1, 0.15) is 25.0 Å². The van der Waals surface area contributed by atoms with Crippen molar-refractivity contribution in [1.29, 1.82) is 0 Å². The molecule has 1 atom stereocenters. The Balaban J connectivity index is 1.81. The Labute approximate surface area is 254 Å². The van der Waals surface area contributed by atoms with E-state index in [-0.39, 0.29) is 29.5 Å². The van der Waals surface area contributed by atoms with Gasteiger partial charge in [0.2, 0.25) is 11.8 Å². The average Bonchev–Trinajstić information content (AvgIpc) is 3.03. The fourth-order valence-corrected chi connectivity index (χ4v) is 6.25. The van der Waals surface area contributed by atoms with Crippen molar-refractivity contribution in [1.82, 2.24) is 10.2 Å². The van der Waals surface area contributed by atoms with Gasteiger partial charge >= 0.3 is 0 Å². The summed E-state index contributed by atoms with van der Waals surface area (Å²) in [5.74, 6) is -0.513. The third-order valence-electron chi connectivity index (χ3n) is 6.86. The van der Waals surface area contributed by atoms with Gasteiger partial charge in [-0.2, -0.15) is 0 Å². The number of anilines is 1. The van der Waals surface area contributed by atoms with E-state index in [2.05, 4.69) is 5.32 Å². The van der Waals surface area contributed by atoms with Crippen molar-refractivity contribution < 1.29 is 22.7 Å². The van der Waals surface area contributed by atoms with Crippen LogP contribution in [0, 0.1) is 0 Å². The predicted molar refractivity (Wildman–Crippen MR) is 168 cm³/mol. The lowest BCUT2D eigenvalue weighted by molar-refractivity contribution is -0.140. The van der Waals surface area contributed by atoms with Crippen molar-refractivity contribution in [2.45, 2.75) is 37.8 Å². The summed E-state index contributed by atoms with van der Waals surface area (Å²) in [4.78, 5) is 29.5. The summed E-state index contributed by atoms with van der Waals surface area (Å²) in [5, 5.41) is 2.87. The van der Waals surface area contributed by atoms with E-state index in [1.54, 1.807) is 49.4 Å². The molecular formula is C34H37N3O5S. The Kier molecular flexibility index (Phi) is 10.9. The molecule has 8 nitrogen and oxygen atoms in total. The molecule has 0 bridgehead atoms. The molecule has 0 saturated heterocycles. The molecule has 0 aliphatic heterocycles. The number of para-hydroxylation sites is 2. The fourth-order valence-electron chi connectivity index (χ4n) is 4.80. The molecule has 0 aromatic heterocycles. The minimum Gasteiger partial charge on any atom is -0.492 e. The molecule has 0 saturated carbocycles. The smallest absolute Gasteiger partial charge is 0.264 e. The van der Waals surface area contributed by atoms with Crippen LogP contribution in [-0.4, -0.2) is 50.9 Å². The van der Waals surface area contributed by atoms with E-state index in [1.807, 2.05) is 67.6 Å². The topological polar surface area (TPSA) is 96.0 Å². The van der Waals surface area contributed by atoms with Gasteiger partial charge in [-0.25, -0.2) is 8.42 Å². The first-order valence-corrected chi connectivity index (χ1v) is 15.7. The van der Waals surface area contributed by atoms with Crippen LogP contribution >= 0.6 is 0 Å². The molecule has 4 rings (SSSR count). The maximum absolute atomic E-state index is 14.4. The number of ether oxygens (including phenoxy) is 1. The zero-order valence-corrected chi connectivity index (χ0v) is 25.2. The zero-order valence-electron chi connectivity index (χ0n) is 24.4. The van der Waals surface area contributed by atoms with Crippen LogP contribution in [0.3, 0.4) is 0 Å². The van der Waals surface area contributed by atoms with Crippen molar-refractivity contribution in [3.63, 3.8) is 0 Å². The number of carbonyl (C=O) groups excluding carboxylic acids is 2. The van der Waals surface area contributed by atoms with E-state index in [4.69, 9.17) is 4.74 Å². The van der Waals surface area contributed by atoms with E-state index >= 15 is 0 Å². The van der Waals surface area contributed by atoms with Crippen LogP contribution in [0.15, 0.2) is 120 Å². The van der Waals surface area contributed by atoms with Crippen LogP contribution < -0.4 is 14.4 Å². The number of nitrogens with zero attached hydrogens (tertiary/aromatic N) is 2. The monoisotopic (exact) mass is 599 g/mol. The molecule has 224 valence electrons. The summed E-state index contributed by atoms with van der Waals surface area (Å²) in [7, 11) is -4.21. The maximum Gasteiger partial charge on any atom is 0.264 e. The average molecular weight is 600 g/mol. The molecule has 0 aliphatic rings. The van der Waals surface area contributed by atoms with Gasteiger partial charge in [0.15, 0.2) is 0 Å². The van der Waals surface area contributed by atoms with Crippen molar-refractivity contribution in [2.75, 3.05) is 24.0 Å². The summed E-state index contributed by atoms with van der Waals surface area (Å²) in [6, 6.07) is 32.6. The third-order valence-corrected chi connectivity index (χ3v) is 8.64. The lowest BCUT2D eigenvalue weighted by Crippen LogP contribution is -2.53. The molecule has 43 heavy (non-hydrogen) atoms. The Morgan fingerprint density at radius 3 is 1.93 bits per heavy atom. The molecule has 2 amide bonds. The lowest BCUT2D eigenvalue weighted by Gasteiger charge is -2.34. The summed E-state index contributed by atoms with van der Waals surface area (Å²) in [6.45, 7) is 3.88. The van der Waals surface area contributed by atoms with Gasteiger partial charge in [0, 0.05) is 19.5 Å². The molecule has 0 heterocycles. The highest BCUT2D eigenvalue weighted by molar-refractivity contribution is 7.92. The number of likely N-dealkylation sites (N-methyl/N-ethyl adjacent to an activating group) is 1. The Bertz CT molecular complexity index is 1580. The maximum atomic E-state index is 14.4. The van der Waals surface area contributed by atoms with Crippen molar-refractivity contribution >= 4 is 27.5 Å². The SMILES string of the molecule is CCNC(=O)[C@H](Cc1ccccc1)N(Cc1ccccc1)C(=O)CN(c1ccccc1OCC)S(=O)(=O)c1ccccc1. The number of sulfonamides is 1. The second-order valence-electron chi connectivity index (χ2n) is 9.83. The minimum absolute atomic E-state index is 0.0354. The standard InChI is InChI=1S/C34H37N3O5S/c1-3-35-34(39)31(24-27-16-8-5-9-17-27)36(25-28-18-10-6-11-19-28)33(38)26-37(30-22-14-15-23-32(30)42-4-2)43(40,41)29-20-12-7-13-21-29/h5-23,31H,3-4,24-26H2,1-2H3,(H,35,39)/t31-/m0/s1. The third kappa shape index (κ3) is 8.02. The normalized spacial score (nSPS) is 11.8. The quantitative estimate of drug-likeness (QED) is 0.219. The second-order valence-corrected chi connectivity index (χ2v) is 11.7. The van der Waals surface area contributed by atoms with Crippen molar-refractivity contribution in [2.24, 2.45) is 0 Å². The predicted octanol–water partition coefficient (Wildman–Crippen LogP) is 5.06. The zero-order chi connectivity index (χ0) is 30.7. The molecule has 0 aliphatic carbocycles. The number of hydrogen-bond acceptors (Lipinski definition) is 5. The Hall–Kier alpha value is -4.63.